The molecule has 6 nitrogen and oxygen atoms in total. The number of hydrogen-bond donors (Lipinski definition) is 1. The molecule has 0 radical (unpaired) electrons. The number of non-ortho nitro benzene ring substituents is 1. The fourth-order valence-electron chi connectivity index (χ4n) is 2.34. The lowest BCUT2D eigenvalue weighted by molar-refractivity contribution is -0.385. The average molecular weight is 305 g/mol. The van der Waals surface area contributed by atoms with Gasteiger partial charge in [0.15, 0.2) is 6.35 Å². The van der Waals surface area contributed by atoms with E-state index in [4.69, 9.17) is 10.5 Å². The van der Waals surface area contributed by atoms with E-state index in [1.54, 1.807) is 0 Å². The van der Waals surface area contributed by atoms with Gasteiger partial charge in [0.2, 0.25) is 0 Å². The minimum absolute atomic E-state index is 0.475. The van der Waals surface area contributed by atoms with Crippen LogP contribution in [0.25, 0.3) is 0 Å². The van der Waals surface area contributed by atoms with E-state index in [2.05, 4.69) is 0 Å². The van der Waals surface area contributed by atoms with Gasteiger partial charge in [-0.25, -0.2) is 13.2 Å². The molecule has 2 N–H and O–H groups in total. The number of hydrogen-bond acceptors (Lipinski definition) is 5. The molecule has 1 fully saturated rings. The highest BCUT2D eigenvalue weighted by molar-refractivity contribution is 5.40. The highest BCUT2D eigenvalue weighted by Gasteiger charge is 2.60. The second-order valence-electron chi connectivity index (χ2n) is 5.01. The average Bonchev–Trinajstić information content (AvgIpc) is 2.41. The molecule has 2 rings (SSSR count). The smallest absolute Gasteiger partial charge is 0.293 e. The van der Waals surface area contributed by atoms with Crippen molar-refractivity contribution in [3.8, 4) is 0 Å². The molecule has 0 bridgehead atoms. The van der Waals surface area contributed by atoms with Gasteiger partial charge in [-0.2, -0.15) is 0 Å². The third-order valence-corrected chi connectivity index (χ3v) is 3.92. The summed E-state index contributed by atoms with van der Waals surface area (Å²) in [6.07, 6.45) is -1.17. The minimum atomic E-state index is -3.48. The molecule has 0 aliphatic carbocycles. The summed E-state index contributed by atoms with van der Waals surface area (Å²) in [6.45, 7) is 0.0780. The summed E-state index contributed by atoms with van der Waals surface area (Å²) in [6, 6.07) is 2.51. The highest BCUT2D eigenvalue weighted by Crippen LogP contribution is 2.46. The number of benzene rings is 1. The summed E-state index contributed by atoms with van der Waals surface area (Å²) in [5.74, 6) is -4.45. The third kappa shape index (κ3) is 2.27. The Hall–Kier alpha value is -1.71. The van der Waals surface area contributed by atoms with Crippen molar-refractivity contribution in [2.24, 2.45) is 5.73 Å². The normalized spacial score (nSPS) is 29.3. The third-order valence-electron chi connectivity index (χ3n) is 3.92. The van der Waals surface area contributed by atoms with E-state index in [1.165, 1.54) is 7.05 Å². The van der Waals surface area contributed by atoms with Crippen LogP contribution in [-0.4, -0.2) is 35.8 Å². The number of rotatable bonds is 2. The van der Waals surface area contributed by atoms with Gasteiger partial charge in [-0.3, -0.25) is 20.7 Å². The van der Waals surface area contributed by atoms with Gasteiger partial charge in [-0.05, 0) is 20.0 Å². The Balaban J connectivity index is 2.65. The summed E-state index contributed by atoms with van der Waals surface area (Å²) in [5.41, 5.74) is 2.44. The largest absolute Gasteiger partial charge is 0.344 e. The molecule has 0 aromatic heterocycles. The van der Waals surface area contributed by atoms with Crippen LogP contribution >= 0.6 is 0 Å². The Labute approximate surface area is 118 Å². The van der Waals surface area contributed by atoms with Crippen LogP contribution in [0, 0.1) is 15.9 Å². The van der Waals surface area contributed by atoms with Crippen LogP contribution in [0.1, 0.15) is 12.5 Å². The Morgan fingerprint density at radius 3 is 2.71 bits per heavy atom. The van der Waals surface area contributed by atoms with Gasteiger partial charge in [0.05, 0.1) is 4.92 Å². The molecule has 1 saturated heterocycles. The number of ether oxygens (including phenoxy) is 1. The Kier molecular flexibility index (Phi) is 3.68. The molecule has 1 aromatic carbocycles. The zero-order valence-corrected chi connectivity index (χ0v) is 11.3. The van der Waals surface area contributed by atoms with Crippen LogP contribution < -0.4 is 5.73 Å². The zero-order valence-electron chi connectivity index (χ0n) is 11.3. The number of halogens is 3. The molecule has 0 saturated carbocycles. The van der Waals surface area contributed by atoms with Crippen molar-refractivity contribution in [2.45, 2.75) is 24.7 Å². The lowest BCUT2D eigenvalue weighted by Gasteiger charge is -2.50. The molecule has 21 heavy (non-hydrogen) atoms. The molecular weight excluding hydrogens is 291 g/mol. The first-order chi connectivity index (χ1) is 9.61. The molecule has 1 aliphatic heterocycles. The van der Waals surface area contributed by atoms with Crippen molar-refractivity contribution < 1.29 is 22.8 Å². The predicted octanol–water partition coefficient (Wildman–Crippen LogP) is 1.79. The monoisotopic (exact) mass is 305 g/mol. The summed E-state index contributed by atoms with van der Waals surface area (Å²) in [7, 11) is 1.25. The lowest BCUT2D eigenvalue weighted by atomic mass is 9.82. The lowest BCUT2D eigenvalue weighted by Crippen LogP contribution is -2.67. The topological polar surface area (TPSA) is 81.6 Å². The van der Waals surface area contributed by atoms with Crippen molar-refractivity contribution in [1.82, 2.24) is 4.90 Å². The van der Waals surface area contributed by atoms with Crippen molar-refractivity contribution in [3.05, 3.63) is 39.7 Å². The van der Waals surface area contributed by atoms with E-state index >= 15 is 0 Å². The van der Waals surface area contributed by atoms with Gasteiger partial charge in [0.25, 0.3) is 11.6 Å². The van der Waals surface area contributed by atoms with Crippen LogP contribution in [0.4, 0.5) is 18.9 Å². The van der Waals surface area contributed by atoms with Gasteiger partial charge in [-0.15, -0.1) is 0 Å². The Bertz CT molecular complexity index is 584. The first kappa shape index (κ1) is 15.7. The van der Waals surface area contributed by atoms with E-state index < -0.39 is 46.4 Å². The van der Waals surface area contributed by atoms with Gasteiger partial charge < -0.3 is 4.74 Å². The fourth-order valence-corrected chi connectivity index (χ4v) is 2.34. The van der Waals surface area contributed by atoms with Crippen LogP contribution in [-0.2, 0) is 10.3 Å². The summed E-state index contributed by atoms with van der Waals surface area (Å²) in [4.78, 5) is 11.0. The van der Waals surface area contributed by atoms with Crippen molar-refractivity contribution in [3.63, 3.8) is 0 Å². The van der Waals surface area contributed by atoms with E-state index in [-0.39, 0.29) is 0 Å². The van der Waals surface area contributed by atoms with Crippen molar-refractivity contribution in [1.29, 1.82) is 0 Å². The van der Waals surface area contributed by atoms with Crippen LogP contribution in [0.5, 0.6) is 0 Å². The molecule has 1 aromatic rings. The van der Waals surface area contributed by atoms with Crippen molar-refractivity contribution in [2.75, 3.05) is 13.7 Å². The quantitative estimate of drug-likeness (QED) is 0.665. The van der Waals surface area contributed by atoms with Gasteiger partial charge in [-0.1, -0.05) is 0 Å². The molecule has 0 amide bonds. The zero-order chi connectivity index (χ0) is 16.0. The number of nitrogens with zero attached hydrogens (tertiary/aromatic N) is 2. The number of alkyl halides is 2. The van der Waals surface area contributed by atoms with E-state index in [0.717, 1.165) is 30.0 Å². The molecule has 2 atom stereocenters. The SMILES string of the molecule is CN1C(N)OCC(F)(F)[C@@]1(C)c1cc([N+](=O)[O-])ccc1F. The maximum absolute atomic E-state index is 14.3. The molecule has 1 aliphatic rings. The molecule has 0 spiro atoms. The summed E-state index contributed by atoms with van der Waals surface area (Å²) in [5, 5.41) is 10.8. The Morgan fingerprint density at radius 1 is 1.52 bits per heavy atom. The summed E-state index contributed by atoms with van der Waals surface area (Å²) >= 11 is 0. The Morgan fingerprint density at radius 2 is 2.14 bits per heavy atom. The van der Waals surface area contributed by atoms with Crippen LogP contribution in [0.3, 0.4) is 0 Å². The first-order valence-corrected chi connectivity index (χ1v) is 6.03. The van der Waals surface area contributed by atoms with Crippen LogP contribution in [0.15, 0.2) is 18.2 Å². The van der Waals surface area contributed by atoms with E-state index in [0.29, 0.717) is 0 Å². The molecule has 9 heteroatoms. The molecule has 116 valence electrons. The van der Waals surface area contributed by atoms with E-state index in [1.807, 2.05) is 0 Å². The maximum atomic E-state index is 14.3. The maximum Gasteiger partial charge on any atom is 0.293 e. The van der Waals surface area contributed by atoms with Gasteiger partial charge in [0.1, 0.15) is 18.0 Å². The van der Waals surface area contributed by atoms with Crippen molar-refractivity contribution >= 4 is 5.69 Å². The molecular formula is C12H14F3N3O3. The number of nitrogens with two attached hydrogens (primary N) is 1. The number of nitro benzene ring substituents is 1. The molecule has 1 heterocycles. The van der Waals surface area contributed by atoms with E-state index in [9.17, 15) is 23.3 Å². The minimum Gasteiger partial charge on any atom is -0.344 e. The fraction of sp³-hybridized carbons (Fsp3) is 0.500. The number of nitro groups is 1. The second-order valence-corrected chi connectivity index (χ2v) is 5.01. The second kappa shape index (κ2) is 4.93. The summed E-state index contributed by atoms with van der Waals surface area (Å²) < 4.78 is 47.4. The van der Waals surface area contributed by atoms with Gasteiger partial charge in [0, 0.05) is 17.7 Å². The highest BCUT2D eigenvalue weighted by atomic mass is 19.3. The predicted molar refractivity (Wildman–Crippen MR) is 67.0 cm³/mol. The van der Waals surface area contributed by atoms with Crippen LogP contribution in [0.2, 0.25) is 0 Å². The first-order valence-electron chi connectivity index (χ1n) is 6.03. The molecule has 1 unspecified atom stereocenters. The standard InChI is InChI=1S/C12H14F3N3O3/c1-11(12(14,15)6-21-10(16)17(11)2)8-5-7(18(19)20)3-4-9(8)13/h3-5,10H,6,16H2,1-2H3/t10?,11-/m1/s1. The van der Waals surface area contributed by atoms with Gasteiger partial charge >= 0.3 is 0 Å².